The molecule has 2 aliphatic heterocycles. The van der Waals surface area contributed by atoms with Crippen molar-refractivity contribution in [3.8, 4) is 6.07 Å². The number of ether oxygens (including phenoxy) is 2. The summed E-state index contributed by atoms with van der Waals surface area (Å²) in [7, 11) is -5.71. The summed E-state index contributed by atoms with van der Waals surface area (Å²) in [5.41, 5.74) is 0.453. The van der Waals surface area contributed by atoms with E-state index in [1.54, 1.807) is 36.8 Å². The Balaban J connectivity index is 1.21. The van der Waals surface area contributed by atoms with Crippen LogP contribution >= 0.6 is 6.64 Å². The van der Waals surface area contributed by atoms with Gasteiger partial charge < -0.3 is 32.5 Å². The zero-order valence-corrected chi connectivity index (χ0v) is 57.1. The van der Waals surface area contributed by atoms with E-state index in [1.807, 2.05) is 54.6 Å². The van der Waals surface area contributed by atoms with Gasteiger partial charge in [-0.1, -0.05) is 160 Å². The van der Waals surface area contributed by atoms with Crippen LogP contribution in [0.15, 0.2) is 113 Å². The number of rotatable bonds is 24. The van der Waals surface area contributed by atoms with Crippen molar-refractivity contribution in [3.05, 3.63) is 141 Å². The highest BCUT2D eigenvalue weighted by molar-refractivity contribution is 8.09. The third kappa shape index (κ3) is 14.1. The summed E-state index contributed by atoms with van der Waals surface area (Å²) in [6.45, 7) is 23.0. The van der Waals surface area contributed by atoms with E-state index in [-0.39, 0.29) is 75.7 Å². The first-order chi connectivity index (χ1) is 42.4. The van der Waals surface area contributed by atoms with Crippen LogP contribution in [0.25, 0.3) is 22.3 Å². The molecular weight excluding hydrogens is 1220 g/mol. The molecule has 90 heavy (non-hydrogen) atoms. The number of amides is 2. The Morgan fingerprint density at radius 3 is 1.49 bits per heavy atom. The molecule has 0 radical (unpaired) electrons. The molecule has 0 aliphatic carbocycles. The number of aliphatic hydroxyl groups excluding tert-OH is 1. The van der Waals surface area contributed by atoms with E-state index in [0.717, 1.165) is 16.7 Å². The highest BCUT2D eigenvalue weighted by Gasteiger charge is 2.56. The van der Waals surface area contributed by atoms with Crippen LogP contribution in [0, 0.1) is 23.2 Å². The van der Waals surface area contributed by atoms with Crippen molar-refractivity contribution in [3.63, 3.8) is 0 Å². The van der Waals surface area contributed by atoms with E-state index in [1.165, 1.54) is 12.7 Å². The fourth-order valence-electron chi connectivity index (χ4n) is 10.4. The van der Waals surface area contributed by atoms with Gasteiger partial charge in [0.15, 0.2) is 51.4 Å². The van der Waals surface area contributed by atoms with Gasteiger partial charge in [-0.15, -0.1) is 0 Å². The van der Waals surface area contributed by atoms with Crippen LogP contribution in [0.4, 0.5) is 11.9 Å². The Morgan fingerprint density at radius 1 is 0.689 bits per heavy atom. The fourth-order valence-corrected chi connectivity index (χ4v) is 15.4. The van der Waals surface area contributed by atoms with Gasteiger partial charge in [0.1, 0.15) is 24.4 Å². The molecule has 1 unspecified atom stereocenters. The number of fused-ring (bicyclic) bond motifs is 2. The van der Waals surface area contributed by atoms with Crippen LogP contribution in [0.2, 0.25) is 36.3 Å². The molecule has 2 fully saturated rings. The second-order valence-electron chi connectivity index (χ2n) is 26.5. The number of imidazole rings is 2. The number of carbonyl (C=O) groups is 2. The van der Waals surface area contributed by atoms with Crippen LogP contribution < -0.4 is 32.2 Å². The third-order valence-electron chi connectivity index (χ3n) is 17.5. The van der Waals surface area contributed by atoms with E-state index in [9.17, 15) is 29.5 Å². The topological polar surface area (TPSA) is 309 Å². The number of hydrogen-bond acceptors (Lipinski definition) is 18. The molecule has 482 valence electrons. The van der Waals surface area contributed by atoms with Gasteiger partial charge in [-0.25, -0.2) is 15.1 Å². The molecule has 2 saturated heterocycles. The lowest BCUT2D eigenvalue weighted by atomic mass is 9.76. The van der Waals surface area contributed by atoms with E-state index in [2.05, 4.69) is 156 Å². The Morgan fingerprint density at radius 2 is 1.10 bits per heavy atom. The van der Waals surface area contributed by atoms with Crippen LogP contribution in [-0.4, -0.2) is 129 Å². The zero-order valence-electron chi connectivity index (χ0n) is 53.4. The Bertz CT molecular complexity index is 3790. The summed E-state index contributed by atoms with van der Waals surface area (Å²) in [4.78, 5) is 77.4. The molecule has 4 aromatic heterocycles. The number of nitrogens with one attached hydrogen (secondary N) is 6. The lowest BCUT2D eigenvalue weighted by Gasteiger charge is -2.44. The summed E-state index contributed by atoms with van der Waals surface area (Å²) in [6.07, 6.45) is -3.42. The molecule has 0 bridgehead atoms. The van der Waals surface area contributed by atoms with Crippen molar-refractivity contribution in [2.75, 3.05) is 30.5 Å². The molecule has 0 saturated carbocycles. The van der Waals surface area contributed by atoms with Crippen molar-refractivity contribution in [2.24, 2.45) is 11.8 Å². The first-order valence-corrected chi connectivity index (χ1v) is 38.7. The molecule has 28 heteroatoms. The van der Waals surface area contributed by atoms with Crippen LogP contribution in [0.3, 0.4) is 0 Å². The molecule has 9 atom stereocenters. The minimum Gasteiger partial charge on any atom is -0.408 e. The molecule has 2 amide bonds. The van der Waals surface area contributed by atoms with Gasteiger partial charge in [0, 0.05) is 11.8 Å². The van der Waals surface area contributed by atoms with E-state index in [0.29, 0.717) is 0 Å². The minimum atomic E-state index is -3.95. The number of nitriles is 1. The number of nitrogens with zero attached hydrogens (tertiary/aromatic N) is 7. The van der Waals surface area contributed by atoms with Gasteiger partial charge in [0.05, 0.1) is 62.6 Å². The maximum atomic E-state index is 14.0. The maximum Gasteiger partial charge on any atom is 0.280 e. The number of H-pyrrole nitrogens is 2. The Labute approximate surface area is 531 Å². The van der Waals surface area contributed by atoms with Crippen molar-refractivity contribution >= 4 is 81.1 Å². The van der Waals surface area contributed by atoms with Gasteiger partial charge in [-0.3, -0.25) is 54.2 Å². The molecule has 3 aromatic carbocycles. The van der Waals surface area contributed by atoms with Crippen LogP contribution in [-0.2, 0) is 54.3 Å². The normalized spacial score (nSPS) is 21.7. The molecular formula is C62H84N13O11PSSi2. The highest BCUT2D eigenvalue weighted by Crippen LogP contribution is 2.52. The van der Waals surface area contributed by atoms with E-state index >= 15 is 0 Å². The number of aromatic nitrogens is 8. The molecule has 6 heterocycles. The standard InChI is InChI=1S/C62H84N13O11PSSi2/c1-37(2)52(77)68-58-66-50-46(54(79)70-58)64-35-74(50)56-48(85-89(11,12)60(5,6)7)44(72-62(39-25-18-15-19-26-39,40-27-20-16-21-28-40)41-29-22-17-23-30-41)43(84-56)34-82-87(88,81-32-24-31-63)73-45-42(33-76)83-57(49(45)86-90(13,14)61(8,9)10)75-36-65-47-51(75)67-59(71-55(47)80)69-53(78)38(3)4/h15-23,25-30,35-38,42-45,48-49,56-57,72,76H,24,32-34H2,1-14H3,(H,73,88)(H2,66,68,70,77,79)(H2,67,69,71,78,80)/t42-,43-,44-,45-,48-,49-,56-,57-,87?/m1/s1. The van der Waals surface area contributed by atoms with Crippen LogP contribution in [0.1, 0.15) is 105 Å². The Kier molecular flexibility index (Phi) is 20.4. The average molecular weight is 1310 g/mol. The lowest BCUT2D eigenvalue weighted by Crippen LogP contribution is -2.59. The maximum absolute atomic E-state index is 14.0. The number of anilines is 2. The van der Waals surface area contributed by atoms with E-state index < -0.39 is 107 Å². The average Bonchev–Trinajstić information content (AvgIpc) is 1.43. The first kappa shape index (κ1) is 67.9. The largest absolute Gasteiger partial charge is 0.408 e. The summed E-state index contributed by atoms with van der Waals surface area (Å²) < 4.78 is 46.2. The fraction of sp³-hybridized carbons (Fsp3) is 0.500. The SMILES string of the molecule is CC(C)C(=O)Nc1nc2c(ncn2[C@@H]2O[C@H](COP(=S)(N[C@H]3[C@@H](O[Si](C)(C)C(C)(C)C)[C@H](n4cnc5c(=O)[nH]c(NC(=O)C(C)C)nc54)O[C@@H]3CO)OCCC#N)[C@@H](NC(c3ccccc3)(c3ccccc3)c3ccccc3)[C@H]2O[Si](C)(C)C(C)(C)C)c(=O)[nH]1. The summed E-state index contributed by atoms with van der Waals surface area (Å²) in [6, 6.07) is 30.5. The second kappa shape index (κ2) is 27.0. The second-order valence-corrected chi connectivity index (χ2v) is 39.2. The quantitative estimate of drug-likeness (QED) is 0.0128. The number of aliphatic hydroxyl groups is 1. The third-order valence-corrected chi connectivity index (χ3v) is 29.0. The number of hydrogen-bond donors (Lipinski definition) is 7. The Hall–Kier alpha value is -6.49. The predicted octanol–water partition coefficient (Wildman–Crippen LogP) is 9.09. The van der Waals surface area contributed by atoms with Crippen molar-refractivity contribution in [1.82, 2.24) is 49.4 Å². The van der Waals surface area contributed by atoms with E-state index in [4.69, 9.17) is 44.2 Å². The number of carbonyl (C=O) groups excluding carboxylic acids is 2. The first-order valence-electron chi connectivity index (χ1n) is 30.2. The van der Waals surface area contributed by atoms with Gasteiger partial charge in [-0.2, -0.15) is 15.2 Å². The molecule has 24 nitrogen and oxygen atoms in total. The molecule has 9 rings (SSSR count). The van der Waals surface area contributed by atoms with Crippen molar-refractivity contribution in [1.29, 1.82) is 5.26 Å². The summed E-state index contributed by atoms with van der Waals surface area (Å²) in [5, 5.41) is 33.8. The van der Waals surface area contributed by atoms with Crippen molar-refractivity contribution in [2.45, 2.75) is 166 Å². The van der Waals surface area contributed by atoms with Crippen molar-refractivity contribution < 1.29 is 42.1 Å². The predicted molar refractivity (Wildman–Crippen MR) is 352 cm³/mol. The van der Waals surface area contributed by atoms with Gasteiger partial charge in [-0.05, 0) is 64.8 Å². The zero-order chi connectivity index (χ0) is 65.3. The number of aromatic amines is 2. The molecule has 7 N–H and O–H groups in total. The van der Waals surface area contributed by atoms with Gasteiger partial charge in [0.25, 0.3) is 17.8 Å². The van der Waals surface area contributed by atoms with Gasteiger partial charge in [0.2, 0.25) is 23.7 Å². The molecule has 2 aliphatic rings. The number of benzene rings is 3. The monoisotopic (exact) mass is 1310 g/mol. The summed E-state index contributed by atoms with van der Waals surface area (Å²) >= 11 is 6.61. The molecule has 0 spiro atoms. The lowest BCUT2D eigenvalue weighted by molar-refractivity contribution is -0.119. The minimum absolute atomic E-state index is 0.0103. The van der Waals surface area contributed by atoms with Crippen LogP contribution in [0.5, 0.6) is 0 Å². The van der Waals surface area contributed by atoms with Gasteiger partial charge >= 0.3 is 0 Å². The summed E-state index contributed by atoms with van der Waals surface area (Å²) in [5.74, 6) is -1.79. The highest BCUT2D eigenvalue weighted by atomic mass is 32.5. The smallest absolute Gasteiger partial charge is 0.280 e. The molecule has 7 aromatic rings.